The topological polar surface area (TPSA) is 144 Å². The van der Waals surface area contributed by atoms with Gasteiger partial charge < -0.3 is 14.7 Å². The standard InChI is InChI=1S/C42H44ClN9O5/c1-25-18-42(24-51(25)29-3-4-33(44-2)32(43)17-29)9-13-49(14-10-42)36-20-45-34(19-46-36)41(57)50-11-7-26(8-12-50)21-48-22-27-15-30-31(16-28(27)23-48)40(56)52(39(30)55)35-5-6-37(53)47-38(35)54/h3-4,15-17,19-20,25-26,35H,5-14,18,21-24H2,1H3,(H,47,53,54)/t25-,35?/m0/s1. The Morgan fingerprint density at radius 3 is 2.26 bits per heavy atom. The van der Waals surface area contributed by atoms with Gasteiger partial charge in [0.15, 0.2) is 0 Å². The maximum Gasteiger partial charge on any atom is 0.274 e. The third kappa shape index (κ3) is 6.80. The molecule has 294 valence electrons. The van der Waals surface area contributed by atoms with Crippen molar-refractivity contribution in [2.75, 3.05) is 49.1 Å². The molecular formula is C42H44ClN9O5. The van der Waals surface area contributed by atoms with Gasteiger partial charge in [0.1, 0.15) is 17.6 Å². The van der Waals surface area contributed by atoms with E-state index in [2.05, 4.69) is 36.8 Å². The number of amides is 5. The third-order valence-corrected chi connectivity index (χ3v) is 13.4. The molecule has 4 fully saturated rings. The minimum Gasteiger partial charge on any atom is -0.368 e. The zero-order chi connectivity index (χ0) is 39.6. The summed E-state index contributed by atoms with van der Waals surface area (Å²) in [6, 6.07) is 8.73. The summed E-state index contributed by atoms with van der Waals surface area (Å²) in [5.41, 5.74) is 4.75. The Balaban J connectivity index is 0.745. The van der Waals surface area contributed by atoms with Crippen molar-refractivity contribution in [3.63, 3.8) is 0 Å². The van der Waals surface area contributed by atoms with E-state index in [9.17, 15) is 24.0 Å². The summed E-state index contributed by atoms with van der Waals surface area (Å²) in [6.07, 6.45) is 8.47. The highest BCUT2D eigenvalue weighted by atomic mass is 35.5. The number of imide groups is 2. The SMILES string of the molecule is [C-]#[N+]c1ccc(N2CC3(CCN(c4cnc(C(=O)N5CCC(CN6Cc7cc8c(cc7C6)C(=O)N(C6CCC(=O)NC6=O)C8=O)CC5)cn4)CC3)C[C@@H]2C)cc1Cl. The van der Waals surface area contributed by atoms with E-state index in [1.807, 2.05) is 17.0 Å². The molecular weight excluding hydrogens is 746 g/mol. The number of hydrogen-bond acceptors (Lipinski definition) is 10. The van der Waals surface area contributed by atoms with Gasteiger partial charge in [0.2, 0.25) is 17.5 Å². The molecule has 57 heavy (non-hydrogen) atoms. The molecule has 1 N–H and O–H groups in total. The predicted molar refractivity (Wildman–Crippen MR) is 211 cm³/mol. The number of aromatic nitrogens is 2. The number of piperidine rings is 3. The summed E-state index contributed by atoms with van der Waals surface area (Å²) in [6.45, 7) is 15.7. The van der Waals surface area contributed by atoms with E-state index >= 15 is 0 Å². The van der Waals surface area contributed by atoms with E-state index in [1.165, 1.54) is 0 Å². The summed E-state index contributed by atoms with van der Waals surface area (Å²) in [7, 11) is 0. The normalized spacial score (nSPS) is 23.6. The lowest BCUT2D eigenvalue weighted by atomic mass is 9.77. The molecule has 14 nitrogen and oxygen atoms in total. The highest BCUT2D eigenvalue weighted by Gasteiger charge is 2.46. The van der Waals surface area contributed by atoms with Gasteiger partial charge in [-0.25, -0.2) is 14.8 Å². The number of carbonyl (C=O) groups is 5. The van der Waals surface area contributed by atoms with Crippen molar-refractivity contribution in [2.45, 2.75) is 77.0 Å². The second kappa shape index (κ2) is 14.5. The molecule has 4 saturated heterocycles. The average Bonchev–Trinajstić information content (AvgIpc) is 3.84. The lowest BCUT2D eigenvalue weighted by Gasteiger charge is -2.39. The minimum absolute atomic E-state index is 0.0885. The first-order valence-electron chi connectivity index (χ1n) is 19.9. The molecule has 9 rings (SSSR count). The van der Waals surface area contributed by atoms with Crippen molar-refractivity contribution in [1.29, 1.82) is 0 Å². The average molecular weight is 790 g/mol. The Bertz CT molecular complexity index is 2180. The molecule has 7 heterocycles. The van der Waals surface area contributed by atoms with Gasteiger partial charge in [-0.05, 0) is 92.2 Å². The highest BCUT2D eigenvalue weighted by Crippen LogP contribution is 2.46. The molecule has 6 aliphatic heterocycles. The van der Waals surface area contributed by atoms with Crippen LogP contribution in [0.5, 0.6) is 0 Å². The summed E-state index contributed by atoms with van der Waals surface area (Å²) in [4.78, 5) is 86.8. The Labute approximate surface area is 336 Å². The molecule has 1 spiro atoms. The van der Waals surface area contributed by atoms with Crippen LogP contribution in [0, 0.1) is 17.9 Å². The zero-order valence-electron chi connectivity index (χ0n) is 31.9. The monoisotopic (exact) mass is 789 g/mol. The van der Waals surface area contributed by atoms with Crippen LogP contribution in [0.15, 0.2) is 42.7 Å². The molecule has 0 saturated carbocycles. The Hall–Kier alpha value is -5.39. The van der Waals surface area contributed by atoms with Crippen LogP contribution in [-0.4, -0.2) is 106 Å². The fourth-order valence-electron chi connectivity index (χ4n) is 10.0. The lowest BCUT2D eigenvalue weighted by molar-refractivity contribution is -0.136. The number of halogens is 1. The first-order valence-corrected chi connectivity index (χ1v) is 20.3. The quantitative estimate of drug-likeness (QED) is 0.273. The first kappa shape index (κ1) is 37.2. The molecule has 0 radical (unpaired) electrons. The molecule has 2 aromatic carbocycles. The van der Waals surface area contributed by atoms with Gasteiger partial charge in [-0.15, -0.1) is 0 Å². The van der Waals surface area contributed by atoms with Crippen LogP contribution in [0.1, 0.15) is 94.2 Å². The lowest BCUT2D eigenvalue weighted by Crippen LogP contribution is -2.54. The van der Waals surface area contributed by atoms with Crippen molar-refractivity contribution in [2.24, 2.45) is 11.3 Å². The molecule has 15 heteroatoms. The van der Waals surface area contributed by atoms with Crippen LogP contribution < -0.4 is 15.1 Å². The highest BCUT2D eigenvalue weighted by molar-refractivity contribution is 6.33. The number of benzene rings is 2. The van der Waals surface area contributed by atoms with Gasteiger partial charge in [0.05, 0.1) is 30.1 Å². The van der Waals surface area contributed by atoms with Crippen LogP contribution in [0.2, 0.25) is 5.02 Å². The number of rotatable bonds is 6. The first-order chi connectivity index (χ1) is 27.5. The van der Waals surface area contributed by atoms with Crippen LogP contribution >= 0.6 is 11.6 Å². The maximum atomic E-state index is 13.5. The molecule has 0 bridgehead atoms. The largest absolute Gasteiger partial charge is 0.368 e. The van der Waals surface area contributed by atoms with E-state index in [1.54, 1.807) is 30.6 Å². The van der Waals surface area contributed by atoms with E-state index in [4.69, 9.17) is 23.2 Å². The van der Waals surface area contributed by atoms with Crippen LogP contribution in [0.25, 0.3) is 4.85 Å². The molecule has 2 atom stereocenters. The third-order valence-electron chi connectivity index (χ3n) is 13.1. The van der Waals surface area contributed by atoms with E-state index in [-0.39, 0.29) is 24.2 Å². The van der Waals surface area contributed by atoms with Gasteiger partial charge >= 0.3 is 0 Å². The number of likely N-dealkylation sites (tertiary alicyclic amines) is 1. The second-order valence-corrected chi connectivity index (χ2v) is 17.1. The molecule has 6 aliphatic rings. The minimum atomic E-state index is -0.974. The molecule has 1 unspecified atom stereocenters. The van der Waals surface area contributed by atoms with E-state index in [0.717, 1.165) is 85.8 Å². The Kier molecular flexibility index (Phi) is 9.48. The van der Waals surface area contributed by atoms with E-state index < -0.39 is 29.7 Å². The maximum absolute atomic E-state index is 13.5. The number of carbonyl (C=O) groups excluding carboxylic acids is 5. The van der Waals surface area contributed by atoms with E-state index in [0.29, 0.717) is 65.7 Å². The summed E-state index contributed by atoms with van der Waals surface area (Å²) < 4.78 is 0. The van der Waals surface area contributed by atoms with Gasteiger partial charge in [-0.2, -0.15) is 0 Å². The van der Waals surface area contributed by atoms with Crippen LogP contribution in [0.3, 0.4) is 0 Å². The smallest absolute Gasteiger partial charge is 0.274 e. The number of fused-ring (bicyclic) bond motifs is 2. The number of hydrogen-bond donors (Lipinski definition) is 1. The van der Waals surface area contributed by atoms with Crippen molar-refractivity contribution in [3.05, 3.63) is 87.1 Å². The van der Waals surface area contributed by atoms with Crippen LogP contribution in [-0.2, 0) is 22.7 Å². The zero-order valence-corrected chi connectivity index (χ0v) is 32.6. The van der Waals surface area contributed by atoms with Crippen molar-refractivity contribution in [1.82, 2.24) is 30.0 Å². The van der Waals surface area contributed by atoms with Crippen molar-refractivity contribution in [3.8, 4) is 0 Å². The van der Waals surface area contributed by atoms with Crippen molar-refractivity contribution < 1.29 is 24.0 Å². The second-order valence-electron chi connectivity index (χ2n) is 16.7. The molecule has 0 aliphatic carbocycles. The van der Waals surface area contributed by atoms with Crippen LogP contribution in [0.4, 0.5) is 17.2 Å². The summed E-state index contributed by atoms with van der Waals surface area (Å²) in [5.74, 6) is -0.880. The van der Waals surface area contributed by atoms with Gasteiger partial charge in [0, 0.05) is 75.5 Å². The Morgan fingerprint density at radius 1 is 0.947 bits per heavy atom. The molecule has 5 amide bonds. The number of anilines is 2. The predicted octanol–water partition coefficient (Wildman–Crippen LogP) is 4.84. The van der Waals surface area contributed by atoms with Gasteiger partial charge in [-0.1, -0.05) is 17.7 Å². The number of nitrogens with zero attached hydrogens (tertiary/aromatic N) is 8. The van der Waals surface area contributed by atoms with Gasteiger partial charge in [-0.3, -0.25) is 39.1 Å². The molecule has 3 aromatic rings. The fraction of sp³-hybridized carbons (Fsp3) is 0.476. The summed E-state index contributed by atoms with van der Waals surface area (Å²) in [5, 5.41) is 2.74. The Morgan fingerprint density at radius 2 is 1.65 bits per heavy atom. The van der Waals surface area contributed by atoms with Crippen molar-refractivity contribution >= 4 is 58.3 Å². The fourth-order valence-corrected chi connectivity index (χ4v) is 10.2. The van der Waals surface area contributed by atoms with Gasteiger partial charge in [0.25, 0.3) is 17.7 Å². The molecule has 1 aromatic heterocycles. The summed E-state index contributed by atoms with van der Waals surface area (Å²) >= 11 is 6.37. The number of nitrogens with one attached hydrogen (secondary N) is 1.